The number of ether oxygens (including phenoxy) is 1. The summed E-state index contributed by atoms with van der Waals surface area (Å²) in [6.45, 7) is 11.2. The van der Waals surface area contributed by atoms with Crippen molar-refractivity contribution in [2.24, 2.45) is 22.2 Å². The van der Waals surface area contributed by atoms with Gasteiger partial charge in [-0.15, -0.1) is 0 Å². The van der Waals surface area contributed by atoms with Gasteiger partial charge in [0.25, 0.3) is 0 Å². The zero-order chi connectivity index (χ0) is 22.5. The molecule has 0 bridgehead atoms. The minimum atomic E-state index is -2.04. The monoisotopic (exact) mass is 418 g/mol. The number of hydrogen-bond donors (Lipinski definition) is 3. The normalized spacial score (nSPS) is 27.7. The molecule has 9 nitrogen and oxygen atoms in total. The Bertz CT molecular complexity index is 974. The standard InChI is InChI=1S/C21H30N4O5/c1-18(2,3)13-8-7-9-20(15(26)27,21(13,16(28)29)19(4,5)6)30-17-22-10-12-14(25-17)24-11-23-12/h10-11,13H,7-9H2,1-6H3,(H,26,27)(H,28,29)(H,22,23,24,25). The van der Waals surface area contributed by atoms with Gasteiger partial charge in [0.1, 0.15) is 10.9 Å². The number of aliphatic carboxylic acids is 2. The van der Waals surface area contributed by atoms with Crippen LogP contribution in [-0.2, 0) is 9.59 Å². The lowest BCUT2D eigenvalue weighted by molar-refractivity contribution is -0.230. The van der Waals surface area contributed by atoms with Gasteiger partial charge in [-0.05, 0) is 36.0 Å². The first-order valence-electron chi connectivity index (χ1n) is 10.1. The molecule has 2 aromatic rings. The predicted molar refractivity (Wildman–Crippen MR) is 109 cm³/mol. The highest BCUT2D eigenvalue weighted by Crippen LogP contribution is 2.63. The number of hydrogen-bond acceptors (Lipinski definition) is 6. The van der Waals surface area contributed by atoms with Gasteiger partial charge in [0.05, 0.1) is 12.5 Å². The quantitative estimate of drug-likeness (QED) is 0.685. The number of aromatic nitrogens is 4. The van der Waals surface area contributed by atoms with E-state index in [0.29, 0.717) is 24.0 Å². The number of fused-ring (bicyclic) bond motifs is 1. The Kier molecular flexibility index (Phi) is 5.07. The summed E-state index contributed by atoms with van der Waals surface area (Å²) in [7, 11) is 0. The molecule has 0 aromatic carbocycles. The molecule has 0 saturated heterocycles. The van der Waals surface area contributed by atoms with E-state index in [1.54, 1.807) is 20.8 Å². The second kappa shape index (κ2) is 6.92. The maximum Gasteiger partial charge on any atom is 0.349 e. The molecule has 1 aliphatic rings. The van der Waals surface area contributed by atoms with Crippen molar-refractivity contribution < 1.29 is 24.5 Å². The first-order chi connectivity index (χ1) is 13.8. The van der Waals surface area contributed by atoms with Gasteiger partial charge in [0.2, 0.25) is 5.60 Å². The SMILES string of the molecule is CC(C)(C)C1CCCC(Oc2ncc3[nH]cnc3n2)(C(=O)O)C1(C(=O)O)C(C)(C)C. The minimum absolute atomic E-state index is 0.0421. The molecule has 0 aliphatic heterocycles. The first-order valence-corrected chi connectivity index (χ1v) is 10.1. The van der Waals surface area contributed by atoms with E-state index in [1.165, 1.54) is 12.5 Å². The van der Waals surface area contributed by atoms with Crippen LogP contribution in [0.5, 0.6) is 6.01 Å². The van der Waals surface area contributed by atoms with E-state index in [1.807, 2.05) is 20.8 Å². The molecule has 0 radical (unpaired) electrons. The number of imidazole rings is 1. The molecule has 3 atom stereocenters. The van der Waals surface area contributed by atoms with Crippen molar-refractivity contribution >= 4 is 23.1 Å². The van der Waals surface area contributed by atoms with Crippen LogP contribution in [0.2, 0.25) is 0 Å². The van der Waals surface area contributed by atoms with Crippen molar-refractivity contribution in [1.82, 2.24) is 19.9 Å². The van der Waals surface area contributed by atoms with E-state index in [9.17, 15) is 19.8 Å². The molecule has 3 unspecified atom stereocenters. The number of carboxylic acids is 2. The average molecular weight is 418 g/mol. The Hall–Kier alpha value is -2.71. The molecule has 0 spiro atoms. The smallest absolute Gasteiger partial charge is 0.349 e. The van der Waals surface area contributed by atoms with Gasteiger partial charge in [0.15, 0.2) is 5.65 Å². The number of carbonyl (C=O) groups is 2. The van der Waals surface area contributed by atoms with Gasteiger partial charge >= 0.3 is 17.9 Å². The molecule has 1 aliphatic carbocycles. The Morgan fingerprint density at radius 2 is 1.80 bits per heavy atom. The van der Waals surface area contributed by atoms with Crippen LogP contribution < -0.4 is 4.74 Å². The number of H-pyrrole nitrogens is 1. The first kappa shape index (κ1) is 22.0. The number of nitrogens with one attached hydrogen (secondary N) is 1. The molecule has 3 rings (SSSR count). The van der Waals surface area contributed by atoms with Crippen molar-refractivity contribution in [3.8, 4) is 6.01 Å². The fourth-order valence-electron chi connectivity index (χ4n) is 5.48. The van der Waals surface area contributed by atoms with Crippen LogP contribution in [0, 0.1) is 22.2 Å². The highest BCUT2D eigenvalue weighted by molar-refractivity contribution is 5.91. The summed E-state index contributed by atoms with van der Waals surface area (Å²) >= 11 is 0. The number of aromatic amines is 1. The molecule has 1 fully saturated rings. The lowest BCUT2D eigenvalue weighted by Gasteiger charge is -2.60. The Morgan fingerprint density at radius 1 is 1.13 bits per heavy atom. The summed E-state index contributed by atoms with van der Waals surface area (Å²) in [5, 5.41) is 21.1. The fourth-order valence-corrected chi connectivity index (χ4v) is 5.48. The Morgan fingerprint density at radius 3 is 2.33 bits per heavy atom. The van der Waals surface area contributed by atoms with E-state index in [2.05, 4.69) is 19.9 Å². The Labute approximate surface area is 175 Å². The van der Waals surface area contributed by atoms with Gasteiger partial charge in [-0.3, -0.25) is 4.79 Å². The van der Waals surface area contributed by atoms with Crippen molar-refractivity contribution in [1.29, 1.82) is 0 Å². The van der Waals surface area contributed by atoms with Gasteiger partial charge in [-0.25, -0.2) is 14.8 Å². The third kappa shape index (κ3) is 3.02. The van der Waals surface area contributed by atoms with E-state index in [4.69, 9.17) is 4.74 Å². The molecule has 1 saturated carbocycles. The largest absolute Gasteiger partial charge is 0.481 e. The topological polar surface area (TPSA) is 138 Å². The van der Waals surface area contributed by atoms with Crippen molar-refractivity contribution in [3.05, 3.63) is 12.5 Å². The van der Waals surface area contributed by atoms with Crippen LogP contribution in [0.1, 0.15) is 60.8 Å². The molecule has 3 N–H and O–H groups in total. The molecular weight excluding hydrogens is 388 g/mol. The van der Waals surface area contributed by atoms with Gasteiger partial charge in [-0.2, -0.15) is 4.98 Å². The molecule has 2 aromatic heterocycles. The molecular formula is C21H30N4O5. The lowest BCUT2D eigenvalue weighted by atomic mass is 9.43. The highest BCUT2D eigenvalue weighted by atomic mass is 16.5. The van der Waals surface area contributed by atoms with Gasteiger partial charge in [0, 0.05) is 0 Å². The molecule has 2 heterocycles. The summed E-state index contributed by atoms with van der Waals surface area (Å²) in [5.41, 5.74) is -4.29. The zero-order valence-corrected chi connectivity index (χ0v) is 18.3. The summed E-state index contributed by atoms with van der Waals surface area (Å²) in [5.74, 6) is -2.96. The number of carboxylic acid groups (broad SMARTS) is 2. The van der Waals surface area contributed by atoms with Crippen molar-refractivity contribution in [3.63, 3.8) is 0 Å². The average Bonchev–Trinajstić information content (AvgIpc) is 3.06. The predicted octanol–water partition coefficient (Wildman–Crippen LogP) is 3.52. The van der Waals surface area contributed by atoms with Crippen LogP contribution >= 0.6 is 0 Å². The number of rotatable bonds is 4. The van der Waals surface area contributed by atoms with Crippen LogP contribution in [0.3, 0.4) is 0 Å². The Balaban J connectivity index is 2.29. The van der Waals surface area contributed by atoms with Crippen LogP contribution in [0.4, 0.5) is 0 Å². The van der Waals surface area contributed by atoms with Crippen LogP contribution in [0.25, 0.3) is 11.2 Å². The van der Waals surface area contributed by atoms with Crippen molar-refractivity contribution in [2.75, 3.05) is 0 Å². The highest BCUT2D eigenvalue weighted by Gasteiger charge is 2.74. The third-order valence-electron chi connectivity index (χ3n) is 6.51. The number of nitrogens with zero attached hydrogens (tertiary/aromatic N) is 3. The van der Waals surface area contributed by atoms with Crippen LogP contribution in [-0.4, -0.2) is 47.7 Å². The molecule has 9 heteroatoms. The van der Waals surface area contributed by atoms with Crippen molar-refractivity contribution in [2.45, 2.75) is 66.4 Å². The van der Waals surface area contributed by atoms with Gasteiger partial charge < -0.3 is 19.9 Å². The third-order valence-corrected chi connectivity index (χ3v) is 6.51. The van der Waals surface area contributed by atoms with E-state index >= 15 is 0 Å². The van der Waals surface area contributed by atoms with E-state index in [-0.39, 0.29) is 12.4 Å². The van der Waals surface area contributed by atoms with Crippen LogP contribution in [0.15, 0.2) is 12.5 Å². The lowest BCUT2D eigenvalue weighted by Crippen LogP contribution is -2.72. The second-order valence-electron chi connectivity index (χ2n) is 10.2. The van der Waals surface area contributed by atoms with E-state index < -0.39 is 39.7 Å². The maximum absolute atomic E-state index is 13.1. The van der Waals surface area contributed by atoms with Gasteiger partial charge in [-0.1, -0.05) is 41.5 Å². The van der Waals surface area contributed by atoms with E-state index in [0.717, 1.165) is 0 Å². The summed E-state index contributed by atoms with van der Waals surface area (Å²) in [4.78, 5) is 41.2. The zero-order valence-electron chi connectivity index (χ0n) is 18.3. The minimum Gasteiger partial charge on any atom is -0.481 e. The molecule has 30 heavy (non-hydrogen) atoms. The summed E-state index contributed by atoms with van der Waals surface area (Å²) in [6.07, 6.45) is 4.04. The summed E-state index contributed by atoms with van der Waals surface area (Å²) in [6, 6.07) is -0.193. The fraction of sp³-hybridized carbons (Fsp3) is 0.667. The molecule has 164 valence electrons. The maximum atomic E-state index is 13.1. The second-order valence-corrected chi connectivity index (χ2v) is 10.2. The molecule has 0 amide bonds. The summed E-state index contributed by atoms with van der Waals surface area (Å²) < 4.78 is 6.05.